The van der Waals surface area contributed by atoms with E-state index in [1.807, 2.05) is 0 Å². The van der Waals surface area contributed by atoms with Gasteiger partial charge in [0.1, 0.15) is 0 Å². The largest absolute Gasteiger partial charge is 0.435 e. The highest BCUT2D eigenvalue weighted by atomic mass is 16.6. The van der Waals surface area contributed by atoms with E-state index in [1.165, 1.54) is 13.8 Å². The quantitative estimate of drug-likeness (QED) is 0.615. The Morgan fingerprint density at radius 2 is 2.21 bits per heavy atom. The summed E-state index contributed by atoms with van der Waals surface area (Å²) in [6, 6.07) is 0. The topological polar surface area (TPSA) is 63.7 Å². The fraction of sp³-hybridized carbons (Fsp3) is 0.667. The third kappa shape index (κ3) is 2.31. The minimum Gasteiger partial charge on any atom is -0.435 e. The van der Waals surface area contributed by atoms with Crippen LogP contribution >= 0.6 is 0 Å². The van der Waals surface area contributed by atoms with E-state index in [-0.39, 0.29) is 5.91 Å². The van der Waals surface area contributed by atoms with E-state index in [4.69, 9.17) is 4.74 Å². The molecule has 1 aliphatic rings. The van der Waals surface area contributed by atoms with Crippen molar-refractivity contribution in [1.29, 1.82) is 0 Å². The van der Waals surface area contributed by atoms with Crippen molar-refractivity contribution in [1.82, 2.24) is 4.90 Å². The lowest BCUT2D eigenvalue weighted by molar-refractivity contribution is -0.130. The van der Waals surface area contributed by atoms with Crippen molar-refractivity contribution >= 4 is 18.3 Å². The first kappa shape index (κ1) is 10.7. The lowest BCUT2D eigenvalue weighted by Crippen LogP contribution is -2.39. The Bertz CT molecular complexity index is 272. The van der Waals surface area contributed by atoms with Crippen LogP contribution in [0.5, 0.6) is 0 Å². The standard InChI is InChI=1S/C9H13NO4/c1-9(2,6-11)14-8(13)10-5-3-4-7(10)12/h6H,3-5H2,1-2H3. The lowest BCUT2D eigenvalue weighted by atomic mass is 10.2. The van der Waals surface area contributed by atoms with E-state index < -0.39 is 11.7 Å². The van der Waals surface area contributed by atoms with Gasteiger partial charge in [0.25, 0.3) is 0 Å². The van der Waals surface area contributed by atoms with Crippen LogP contribution in [0.1, 0.15) is 26.7 Å². The number of hydrogen-bond donors (Lipinski definition) is 0. The second-order valence-electron chi connectivity index (χ2n) is 3.74. The number of ether oxygens (including phenoxy) is 1. The molecule has 1 saturated heterocycles. The smallest absolute Gasteiger partial charge is 0.417 e. The Hall–Kier alpha value is -1.39. The maximum atomic E-state index is 11.4. The molecular formula is C9H13NO4. The summed E-state index contributed by atoms with van der Waals surface area (Å²) >= 11 is 0. The van der Waals surface area contributed by atoms with E-state index in [1.54, 1.807) is 0 Å². The van der Waals surface area contributed by atoms with Crippen molar-refractivity contribution in [3.05, 3.63) is 0 Å². The molecule has 0 spiro atoms. The van der Waals surface area contributed by atoms with Gasteiger partial charge in [-0.3, -0.25) is 9.59 Å². The van der Waals surface area contributed by atoms with Gasteiger partial charge in [-0.15, -0.1) is 0 Å². The van der Waals surface area contributed by atoms with Gasteiger partial charge < -0.3 is 4.74 Å². The molecule has 78 valence electrons. The number of hydrogen-bond acceptors (Lipinski definition) is 4. The number of imide groups is 1. The van der Waals surface area contributed by atoms with Crippen LogP contribution in [0.4, 0.5) is 4.79 Å². The average Bonchev–Trinajstić information content (AvgIpc) is 2.51. The van der Waals surface area contributed by atoms with Crippen molar-refractivity contribution in [3.8, 4) is 0 Å². The van der Waals surface area contributed by atoms with Gasteiger partial charge in [0.05, 0.1) is 0 Å². The number of rotatable bonds is 2. The van der Waals surface area contributed by atoms with Crippen LogP contribution < -0.4 is 0 Å². The fourth-order valence-electron chi connectivity index (χ4n) is 1.15. The Labute approximate surface area is 82.0 Å². The van der Waals surface area contributed by atoms with Gasteiger partial charge in [-0.1, -0.05) is 0 Å². The number of carbonyl (C=O) groups is 3. The van der Waals surface area contributed by atoms with E-state index in [0.717, 1.165) is 4.90 Å². The van der Waals surface area contributed by atoms with Gasteiger partial charge in [-0.2, -0.15) is 0 Å². The third-order valence-electron chi connectivity index (χ3n) is 1.93. The number of amides is 2. The molecule has 0 aromatic heterocycles. The zero-order chi connectivity index (χ0) is 10.8. The minimum atomic E-state index is -1.17. The Morgan fingerprint density at radius 1 is 1.57 bits per heavy atom. The van der Waals surface area contributed by atoms with Crippen molar-refractivity contribution < 1.29 is 19.1 Å². The normalized spacial score (nSPS) is 17.0. The molecule has 0 radical (unpaired) electrons. The predicted octanol–water partition coefficient (Wildman–Crippen LogP) is 0.723. The molecule has 5 nitrogen and oxygen atoms in total. The van der Waals surface area contributed by atoms with Gasteiger partial charge in [-0.25, -0.2) is 9.69 Å². The molecule has 0 saturated carbocycles. The predicted molar refractivity (Wildman–Crippen MR) is 47.6 cm³/mol. The molecule has 0 aromatic rings. The number of carbonyl (C=O) groups excluding carboxylic acids is 3. The van der Waals surface area contributed by atoms with Crippen LogP contribution in [0.25, 0.3) is 0 Å². The zero-order valence-electron chi connectivity index (χ0n) is 8.28. The first-order valence-electron chi connectivity index (χ1n) is 4.46. The second-order valence-corrected chi connectivity index (χ2v) is 3.74. The number of likely N-dealkylation sites (tertiary alicyclic amines) is 1. The van der Waals surface area contributed by atoms with Crippen LogP contribution in [0.2, 0.25) is 0 Å². The van der Waals surface area contributed by atoms with Crippen molar-refractivity contribution in [3.63, 3.8) is 0 Å². The molecule has 2 amide bonds. The van der Waals surface area contributed by atoms with Gasteiger partial charge in [0.15, 0.2) is 11.9 Å². The highest BCUT2D eigenvalue weighted by Gasteiger charge is 2.31. The van der Waals surface area contributed by atoms with Crippen LogP contribution in [-0.4, -0.2) is 35.3 Å². The summed E-state index contributed by atoms with van der Waals surface area (Å²) in [7, 11) is 0. The summed E-state index contributed by atoms with van der Waals surface area (Å²) in [5.41, 5.74) is -1.17. The molecular weight excluding hydrogens is 186 g/mol. The molecule has 0 aromatic carbocycles. The molecule has 0 aliphatic carbocycles. The molecule has 0 atom stereocenters. The first-order valence-corrected chi connectivity index (χ1v) is 4.46. The van der Waals surface area contributed by atoms with Crippen molar-refractivity contribution in [2.45, 2.75) is 32.3 Å². The molecule has 0 bridgehead atoms. The fourth-order valence-corrected chi connectivity index (χ4v) is 1.15. The van der Waals surface area contributed by atoms with Crippen LogP contribution in [-0.2, 0) is 14.3 Å². The zero-order valence-corrected chi connectivity index (χ0v) is 8.28. The summed E-state index contributed by atoms with van der Waals surface area (Å²) in [6.07, 6.45) is 0.835. The summed E-state index contributed by atoms with van der Waals surface area (Å²) < 4.78 is 4.84. The Morgan fingerprint density at radius 3 is 2.64 bits per heavy atom. The maximum Gasteiger partial charge on any atom is 0.417 e. The monoisotopic (exact) mass is 199 g/mol. The van der Waals surface area contributed by atoms with E-state index in [2.05, 4.69) is 0 Å². The molecule has 1 aliphatic heterocycles. The first-order chi connectivity index (χ1) is 6.46. The molecule has 5 heteroatoms. The van der Waals surface area contributed by atoms with Gasteiger partial charge in [0.2, 0.25) is 5.91 Å². The summed E-state index contributed by atoms with van der Waals surface area (Å²) in [6.45, 7) is 3.32. The van der Waals surface area contributed by atoms with E-state index >= 15 is 0 Å². The van der Waals surface area contributed by atoms with Gasteiger partial charge in [-0.05, 0) is 20.3 Å². The lowest BCUT2D eigenvalue weighted by Gasteiger charge is -2.21. The average molecular weight is 199 g/mol. The summed E-state index contributed by atoms with van der Waals surface area (Å²) in [4.78, 5) is 34.0. The summed E-state index contributed by atoms with van der Waals surface area (Å²) in [5.74, 6) is -0.239. The van der Waals surface area contributed by atoms with Crippen LogP contribution in [0, 0.1) is 0 Å². The highest BCUT2D eigenvalue weighted by Crippen LogP contribution is 2.14. The van der Waals surface area contributed by atoms with Crippen molar-refractivity contribution in [2.24, 2.45) is 0 Å². The van der Waals surface area contributed by atoms with E-state index in [9.17, 15) is 14.4 Å². The highest BCUT2D eigenvalue weighted by molar-refractivity contribution is 5.94. The molecule has 0 N–H and O–H groups in total. The molecule has 14 heavy (non-hydrogen) atoms. The third-order valence-corrected chi connectivity index (χ3v) is 1.93. The summed E-state index contributed by atoms with van der Waals surface area (Å²) in [5, 5.41) is 0. The maximum absolute atomic E-state index is 11.4. The van der Waals surface area contributed by atoms with Crippen molar-refractivity contribution in [2.75, 3.05) is 6.54 Å². The minimum absolute atomic E-state index is 0.239. The van der Waals surface area contributed by atoms with Gasteiger partial charge >= 0.3 is 6.09 Å². The SMILES string of the molecule is CC(C)(C=O)OC(=O)N1CCCC1=O. The van der Waals surface area contributed by atoms with Crippen LogP contribution in [0.3, 0.4) is 0 Å². The number of nitrogens with zero attached hydrogens (tertiary/aromatic N) is 1. The second kappa shape index (κ2) is 3.77. The molecule has 1 rings (SSSR count). The molecule has 1 heterocycles. The van der Waals surface area contributed by atoms with Gasteiger partial charge in [0, 0.05) is 13.0 Å². The van der Waals surface area contributed by atoms with E-state index in [0.29, 0.717) is 25.7 Å². The Balaban J connectivity index is 2.58. The molecule has 0 unspecified atom stereocenters. The Kier molecular flexibility index (Phi) is 2.88. The molecule has 1 fully saturated rings. The van der Waals surface area contributed by atoms with Crippen LogP contribution in [0.15, 0.2) is 0 Å². The number of aldehydes is 1.